The maximum atomic E-state index is 12.0. The third-order valence-corrected chi connectivity index (χ3v) is 2.60. The lowest BCUT2D eigenvalue weighted by Gasteiger charge is -2.22. The first-order valence-electron chi connectivity index (χ1n) is 5.50. The molecule has 0 aromatic rings. The Balaban J connectivity index is 2.56. The minimum Gasteiger partial charge on any atom is -0.481 e. The number of hydrogen-bond acceptors (Lipinski definition) is 3. The second kappa shape index (κ2) is 6.27. The summed E-state index contributed by atoms with van der Waals surface area (Å²) in [5, 5.41) is 11.7. The fourth-order valence-electron chi connectivity index (χ4n) is 1.79. The molecule has 0 radical (unpaired) electrons. The lowest BCUT2D eigenvalue weighted by atomic mass is 10.1. The highest BCUT2D eigenvalue weighted by Crippen LogP contribution is 2.07. The summed E-state index contributed by atoms with van der Waals surface area (Å²) in [7, 11) is 0. The molecule has 0 aromatic heterocycles. The summed E-state index contributed by atoms with van der Waals surface area (Å²) in [5.41, 5.74) is 0. The van der Waals surface area contributed by atoms with Gasteiger partial charge in [-0.2, -0.15) is 0 Å². The first-order valence-corrected chi connectivity index (χ1v) is 5.50. The van der Waals surface area contributed by atoms with Gasteiger partial charge in [-0.1, -0.05) is 6.08 Å². The van der Waals surface area contributed by atoms with Crippen LogP contribution in [0.5, 0.6) is 0 Å². The van der Waals surface area contributed by atoms with Crippen molar-refractivity contribution in [2.45, 2.75) is 25.3 Å². The number of carbonyl (C=O) groups excluding carboxylic acids is 1. The van der Waals surface area contributed by atoms with Crippen molar-refractivity contribution in [1.29, 1.82) is 0 Å². The maximum Gasteiger partial charge on any atom is 0.303 e. The SMILES string of the molecule is C=CCN1CCCNC(CCC(=O)O)C1=O. The van der Waals surface area contributed by atoms with Gasteiger partial charge in [-0.05, 0) is 19.4 Å². The Bertz CT molecular complexity index is 278. The van der Waals surface area contributed by atoms with Gasteiger partial charge in [0.25, 0.3) is 0 Å². The summed E-state index contributed by atoms with van der Waals surface area (Å²) in [6.07, 6.45) is 2.95. The molecule has 0 bridgehead atoms. The van der Waals surface area contributed by atoms with Gasteiger partial charge in [-0.15, -0.1) is 6.58 Å². The molecule has 5 nitrogen and oxygen atoms in total. The predicted octanol–water partition coefficient (Wildman–Crippen LogP) is 0.228. The molecule has 0 spiro atoms. The molecule has 1 saturated heterocycles. The molecule has 1 aliphatic rings. The summed E-state index contributed by atoms with van der Waals surface area (Å²) in [6.45, 7) is 5.61. The van der Waals surface area contributed by atoms with E-state index in [9.17, 15) is 9.59 Å². The second-order valence-electron chi connectivity index (χ2n) is 3.87. The molecule has 1 unspecified atom stereocenters. The molecule has 1 heterocycles. The largest absolute Gasteiger partial charge is 0.481 e. The van der Waals surface area contributed by atoms with Crippen molar-refractivity contribution >= 4 is 11.9 Å². The van der Waals surface area contributed by atoms with E-state index < -0.39 is 5.97 Å². The first kappa shape index (κ1) is 12.7. The van der Waals surface area contributed by atoms with E-state index in [1.165, 1.54) is 0 Å². The monoisotopic (exact) mass is 226 g/mol. The van der Waals surface area contributed by atoms with Gasteiger partial charge in [0, 0.05) is 19.5 Å². The Hall–Kier alpha value is -1.36. The van der Waals surface area contributed by atoms with E-state index in [0.717, 1.165) is 13.0 Å². The molecule has 2 N–H and O–H groups in total. The number of amides is 1. The molecule has 1 aliphatic heterocycles. The molecule has 5 heteroatoms. The summed E-state index contributed by atoms with van der Waals surface area (Å²) in [6, 6.07) is -0.362. The average molecular weight is 226 g/mol. The minimum atomic E-state index is -0.867. The van der Waals surface area contributed by atoms with E-state index in [1.54, 1.807) is 11.0 Å². The van der Waals surface area contributed by atoms with Crippen LogP contribution in [0.15, 0.2) is 12.7 Å². The van der Waals surface area contributed by atoms with Crippen molar-refractivity contribution in [2.24, 2.45) is 0 Å². The Labute approximate surface area is 95.1 Å². The van der Waals surface area contributed by atoms with Gasteiger partial charge in [-0.25, -0.2) is 0 Å². The smallest absolute Gasteiger partial charge is 0.303 e. The summed E-state index contributed by atoms with van der Waals surface area (Å²) in [5.74, 6) is -0.882. The summed E-state index contributed by atoms with van der Waals surface area (Å²) < 4.78 is 0. The number of carboxylic acids is 1. The number of carboxylic acid groups (broad SMARTS) is 1. The molecular formula is C11H18N2O3. The highest BCUT2D eigenvalue weighted by molar-refractivity contribution is 5.83. The third kappa shape index (κ3) is 3.66. The molecule has 0 aliphatic carbocycles. The minimum absolute atomic E-state index is 0.0151. The van der Waals surface area contributed by atoms with Crippen molar-refractivity contribution in [1.82, 2.24) is 10.2 Å². The number of nitrogens with zero attached hydrogens (tertiary/aromatic N) is 1. The Morgan fingerprint density at radius 2 is 2.44 bits per heavy atom. The molecule has 1 amide bonds. The molecule has 1 fully saturated rings. The van der Waals surface area contributed by atoms with Crippen molar-refractivity contribution in [3.8, 4) is 0 Å². The molecule has 1 atom stereocenters. The van der Waals surface area contributed by atoms with Crippen LogP contribution in [0.25, 0.3) is 0 Å². The number of nitrogens with one attached hydrogen (secondary N) is 1. The Morgan fingerprint density at radius 3 is 3.06 bits per heavy atom. The third-order valence-electron chi connectivity index (χ3n) is 2.60. The van der Waals surface area contributed by atoms with Crippen molar-refractivity contribution < 1.29 is 14.7 Å². The average Bonchev–Trinajstić information content (AvgIpc) is 2.40. The summed E-state index contributed by atoms with van der Waals surface area (Å²) in [4.78, 5) is 24.2. The van der Waals surface area contributed by atoms with Crippen LogP contribution in [-0.4, -0.2) is 47.6 Å². The first-order chi connectivity index (χ1) is 7.65. The number of hydrogen-bond donors (Lipinski definition) is 2. The van der Waals surface area contributed by atoms with E-state index in [1.807, 2.05) is 0 Å². The van der Waals surface area contributed by atoms with Crippen LogP contribution < -0.4 is 5.32 Å². The lowest BCUT2D eigenvalue weighted by Crippen LogP contribution is -2.43. The molecule has 90 valence electrons. The molecular weight excluding hydrogens is 208 g/mol. The molecule has 0 aromatic carbocycles. The van der Waals surface area contributed by atoms with Gasteiger partial charge in [0.05, 0.1) is 6.04 Å². The van der Waals surface area contributed by atoms with E-state index in [0.29, 0.717) is 19.5 Å². The van der Waals surface area contributed by atoms with Gasteiger partial charge >= 0.3 is 5.97 Å². The van der Waals surface area contributed by atoms with Crippen LogP contribution in [0.3, 0.4) is 0 Å². The van der Waals surface area contributed by atoms with Crippen LogP contribution in [0.4, 0.5) is 0 Å². The predicted molar refractivity (Wildman–Crippen MR) is 60.1 cm³/mol. The van der Waals surface area contributed by atoms with Crippen molar-refractivity contribution in [3.05, 3.63) is 12.7 Å². The number of carbonyl (C=O) groups is 2. The van der Waals surface area contributed by atoms with E-state index in [2.05, 4.69) is 11.9 Å². The fourth-order valence-corrected chi connectivity index (χ4v) is 1.79. The van der Waals surface area contributed by atoms with Crippen molar-refractivity contribution in [3.63, 3.8) is 0 Å². The van der Waals surface area contributed by atoms with E-state index in [-0.39, 0.29) is 18.4 Å². The van der Waals surface area contributed by atoms with Crippen LogP contribution in [-0.2, 0) is 9.59 Å². The van der Waals surface area contributed by atoms with Gasteiger partial charge in [0.2, 0.25) is 5.91 Å². The van der Waals surface area contributed by atoms with E-state index >= 15 is 0 Å². The molecule has 16 heavy (non-hydrogen) atoms. The Kier molecular flexibility index (Phi) is 4.98. The molecule has 1 rings (SSSR count). The van der Waals surface area contributed by atoms with Gasteiger partial charge < -0.3 is 15.3 Å². The number of aliphatic carboxylic acids is 1. The topological polar surface area (TPSA) is 69.6 Å². The molecule has 0 saturated carbocycles. The lowest BCUT2D eigenvalue weighted by molar-refractivity contribution is -0.137. The zero-order valence-corrected chi connectivity index (χ0v) is 9.32. The number of rotatable bonds is 5. The van der Waals surface area contributed by atoms with Gasteiger partial charge in [0.15, 0.2) is 0 Å². The van der Waals surface area contributed by atoms with Crippen LogP contribution in [0.1, 0.15) is 19.3 Å². The van der Waals surface area contributed by atoms with Crippen LogP contribution in [0, 0.1) is 0 Å². The maximum absolute atomic E-state index is 12.0. The van der Waals surface area contributed by atoms with Gasteiger partial charge in [0.1, 0.15) is 0 Å². The zero-order valence-electron chi connectivity index (χ0n) is 9.32. The van der Waals surface area contributed by atoms with Gasteiger partial charge in [-0.3, -0.25) is 9.59 Å². The quantitative estimate of drug-likeness (QED) is 0.658. The fraction of sp³-hybridized carbons (Fsp3) is 0.636. The highest BCUT2D eigenvalue weighted by atomic mass is 16.4. The standard InChI is InChI=1S/C11H18N2O3/c1-2-7-13-8-3-6-12-9(11(13)16)4-5-10(14)15/h2,9,12H,1,3-8H2,(H,14,15). The van der Waals surface area contributed by atoms with Crippen molar-refractivity contribution in [2.75, 3.05) is 19.6 Å². The summed E-state index contributed by atoms with van der Waals surface area (Å²) >= 11 is 0. The highest BCUT2D eigenvalue weighted by Gasteiger charge is 2.25. The zero-order chi connectivity index (χ0) is 12.0. The second-order valence-corrected chi connectivity index (χ2v) is 3.87. The normalized spacial score (nSPS) is 21.6. The van der Waals surface area contributed by atoms with E-state index in [4.69, 9.17) is 5.11 Å². The van der Waals surface area contributed by atoms with Crippen LogP contribution in [0.2, 0.25) is 0 Å². The van der Waals surface area contributed by atoms with Crippen LogP contribution >= 0.6 is 0 Å². The Morgan fingerprint density at radius 1 is 1.69 bits per heavy atom.